The van der Waals surface area contributed by atoms with Crippen LogP contribution in [0.2, 0.25) is 0 Å². The topological polar surface area (TPSA) is 59.6 Å². The number of benzene rings is 1. The number of para-hydroxylation sites is 1. The second kappa shape index (κ2) is 10.5. The monoisotopic (exact) mass is 389 g/mol. The number of halogens is 1. The molecule has 0 saturated heterocycles. The van der Waals surface area contributed by atoms with Gasteiger partial charge in [0.25, 0.3) is 0 Å². The molecule has 0 amide bonds. The van der Waals surface area contributed by atoms with Gasteiger partial charge in [0.1, 0.15) is 5.75 Å². The summed E-state index contributed by atoms with van der Waals surface area (Å²) in [7, 11) is 0. The molecule has 1 rings (SSSR count). The zero-order valence-corrected chi connectivity index (χ0v) is 14.5. The van der Waals surface area contributed by atoms with E-state index >= 15 is 0 Å². The predicted octanol–water partition coefficient (Wildman–Crippen LogP) is 2.86. The average molecular weight is 389 g/mol. The first-order valence-electron chi connectivity index (χ1n) is 6.46. The molecular formula is C15H24IN3O. The molecule has 1 aromatic rings. The van der Waals surface area contributed by atoms with Crippen molar-refractivity contribution in [3.05, 3.63) is 42.0 Å². The van der Waals surface area contributed by atoms with Crippen molar-refractivity contribution in [2.24, 2.45) is 10.7 Å². The third-order valence-electron chi connectivity index (χ3n) is 2.50. The van der Waals surface area contributed by atoms with Crippen molar-refractivity contribution in [3.63, 3.8) is 0 Å². The lowest BCUT2D eigenvalue weighted by Crippen LogP contribution is -2.33. The van der Waals surface area contributed by atoms with E-state index in [-0.39, 0.29) is 24.0 Å². The zero-order chi connectivity index (χ0) is 14.1. The lowest BCUT2D eigenvalue weighted by Gasteiger charge is -2.09. The second-order valence-corrected chi connectivity index (χ2v) is 4.55. The number of hydrogen-bond donors (Lipinski definition) is 2. The highest BCUT2D eigenvalue weighted by Gasteiger charge is 1.97. The van der Waals surface area contributed by atoms with Crippen LogP contribution in [-0.2, 0) is 0 Å². The van der Waals surface area contributed by atoms with Crippen molar-refractivity contribution >= 4 is 29.9 Å². The molecular weight excluding hydrogens is 365 g/mol. The summed E-state index contributed by atoms with van der Waals surface area (Å²) in [6, 6.07) is 7.99. The van der Waals surface area contributed by atoms with Crippen LogP contribution in [0.25, 0.3) is 0 Å². The van der Waals surface area contributed by atoms with Crippen LogP contribution in [0.5, 0.6) is 5.75 Å². The van der Waals surface area contributed by atoms with Crippen LogP contribution in [0, 0.1) is 6.92 Å². The fourth-order valence-corrected chi connectivity index (χ4v) is 1.47. The number of nitrogens with one attached hydrogen (secondary N) is 1. The van der Waals surface area contributed by atoms with Crippen molar-refractivity contribution in [1.82, 2.24) is 5.32 Å². The van der Waals surface area contributed by atoms with Gasteiger partial charge in [-0.05, 0) is 31.9 Å². The van der Waals surface area contributed by atoms with Gasteiger partial charge < -0.3 is 15.8 Å². The van der Waals surface area contributed by atoms with Crippen LogP contribution < -0.4 is 15.8 Å². The van der Waals surface area contributed by atoms with Gasteiger partial charge >= 0.3 is 0 Å². The van der Waals surface area contributed by atoms with Crippen LogP contribution in [-0.4, -0.2) is 25.7 Å². The molecule has 0 aliphatic rings. The zero-order valence-electron chi connectivity index (χ0n) is 12.2. The SMILES string of the molecule is C=C(C)CN=C(N)NCCCOc1ccccc1C.I. The molecule has 0 unspecified atom stereocenters. The Morgan fingerprint density at radius 1 is 1.40 bits per heavy atom. The highest BCUT2D eigenvalue weighted by atomic mass is 127. The average Bonchev–Trinajstić information content (AvgIpc) is 2.38. The van der Waals surface area contributed by atoms with Crippen LogP contribution in [0.15, 0.2) is 41.4 Å². The Morgan fingerprint density at radius 2 is 2.10 bits per heavy atom. The maximum Gasteiger partial charge on any atom is 0.188 e. The fourth-order valence-electron chi connectivity index (χ4n) is 1.47. The Labute approximate surface area is 138 Å². The van der Waals surface area contributed by atoms with Gasteiger partial charge in [-0.1, -0.05) is 30.4 Å². The summed E-state index contributed by atoms with van der Waals surface area (Å²) >= 11 is 0. The molecule has 0 bridgehead atoms. The van der Waals surface area contributed by atoms with E-state index in [0.29, 0.717) is 19.1 Å². The van der Waals surface area contributed by atoms with Crippen molar-refractivity contribution in [1.29, 1.82) is 0 Å². The number of nitrogens with two attached hydrogens (primary N) is 1. The van der Waals surface area contributed by atoms with E-state index in [4.69, 9.17) is 10.5 Å². The molecule has 0 radical (unpaired) electrons. The smallest absolute Gasteiger partial charge is 0.188 e. The number of ether oxygens (including phenoxy) is 1. The minimum absolute atomic E-state index is 0. The number of aryl methyl sites for hydroxylation is 1. The summed E-state index contributed by atoms with van der Waals surface area (Å²) in [6.07, 6.45) is 0.873. The van der Waals surface area contributed by atoms with Gasteiger partial charge in [0.05, 0.1) is 13.2 Å². The molecule has 0 spiro atoms. The maximum atomic E-state index is 5.70. The van der Waals surface area contributed by atoms with Gasteiger partial charge in [0, 0.05) is 6.54 Å². The molecule has 0 aliphatic heterocycles. The van der Waals surface area contributed by atoms with Crippen molar-refractivity contribution in [3.8, 4) is 5.75 Å². The third-order valence-corrected chi connectivity index (χ3v) is 2.50. The van der Waals surface area contributed by atoms with E-state index in [1.165, 1.54) is 0 Å². The number of nitrogens with zero attached hydrogens (tertiary/aromatic N) is 1. The van der Waals surface area contributed by atoms with Crippen molar-refractivity contribution in [2.45, 2.75) is 20.3 Å². The third kappa shape index (κ3) is 8.04. The molecule has 20 heavy (non-hydrogen) atoms. The van der Waals surface area contributed by atoms with E-state index in [2.05, 4.69) is 16.9 Å². The highest BCUT2D eigenvalue weighted by molar-refractivity contribution is 14.0. The van der Waals surface area contributed by atoms with E-state index in [9.17, 15) is 0 Å². The molecule has 0 fully saturated rings. The van der Waals surface area contributed by atoms with E-state index in [1.54, 1.807) is 0 Å². The van der Waals surface area contributed by atoms with E-state index in [1.807, 2.05) is 38.1 Å². The minimum Gasteiger partial charge on any atom is -0.493 e. The van der Waals surface area contributed by atoms with Crippen LogP contribution in [0.3, 0.4) is 0 Å². The molecule has 0 heterocycles. The van der Waals surface area contributed by atoms with Crippen LogP contribution in [0.4, 0.5) is 0 Å². The summed E-state index contributed by atoms with van der Waals surface area (Å²) in [5.74, 6) is 1.39. The number of aliphatic imine (C=N–C) groups is 1. The molecule has 0 atom stereocenters. The van der Waals surface area contributed by atoms with Crippen LogP contribution in [0.1, 0.15) is 18.9 Å². The Morgan fingerprint density at radius 3 is 2.75 bits per heavy atom. The molecule has 5 heteroatoms. The van der Waals surface area contributed by atoms with Crippen LogP contribution >= 0.6 is 24.0 Å². The molecule has 0 aromatic heterocycles. The Bertz CT molecular complexity index is 446. The summed E-state index contributed by atoms with van der Waals surface area (Å²) in [5.41, 5.74) is 7.84. The number of guanidine groups is 1. The number of rotatable bonds is 7. The van der Waals surface area contributed by atoms with Gasteiger partial charge in [0.2, 0.25) is 0 Å². The lowest BCUT2D eigenvalue weighted by atomic mass is 10.2. The predicted molar refractivity (Wildman–Crippen MR) is 96.0 cm³/mol. The first kappa shape index (κ1) is 18.8. The Hall–Kier alpha value is -1.24. The molecule has 0 aliphatic carbocycles. The Balaban J connectivity index is 0.00000361. The normalized spacial score (nSPS) is 10.6. The van der Waals surface area contributed by atoms with Gasteiger partial charge in [-0.2, -0.15) is 0 Å². The van der Waals surface area contributed by atoms with Gasteiger partial charge in [0.15, 0.2) is 5.96 Å². The van der Waals surface area contributed by atoms with Gasteiger partial charge in [-0.15, -0.1) is 24.0 Å². The quantitative estimate of drug-likeness (QED) is 0.248. The standard InChI is InChI=1S/C15H23N3O.HI/c1-12(2)11-18-15(16)17-9-6-10-19-14-8-5-4-7-13(14)3;/h4-5,7-8H,1,6,9-11H2,2-3H3,(H3,16,17,18);1H. The summed E-state index contributed by atoms with van der Waals surface area (Å²) in [6.45, 7) is 9.70. The molecule has 0 saturated carbocycles. The van der Waals surface area contributed by atoms with Crippen molar-refractivity contribution < 1.29 is 4.74 Å². The fraction of sp³-hybridized carbons (Fsp3) is 0.400. The summed E-state index contributed by atoms with van der Waals surface area (Å²) in [5, 5.41) is 3.05. The minimum atomic E-state index is 0. The maximum absolute atomic E-state index is 5.70. The lowest BCUT2D eigenvalue weighted by molar-refractivity contribution is 0.309. The largest absolute Gasteiger partial charge is 0.493 e. The highest BCUT2D eigenvalue weighted by Crippen LogP contribution is 2.15. The molecule has 4 nitrogen and oxygen atoms in total. The Kier molecular flexibility index (Phi) is 9.88. The van der Waals surface area contributed by atoms with Gasteiger partial charge in [-0.25, -0.2) is 4.99 Å². The molecule has 112 valence electrons. The van der Waals surface area contributed by atoms with E-state index < -0.39 is 0 Å². The molecule has 1 aromatic carbocycles. The van der Waals surface area contributed by atoms with E-state index in [0.717, 1.165) is 29.9 Å². The van der Waals surface area contributed by atoms with Gasteiger partial charge in [-0.3, -0.25) is 0 Å². The first-order chi connectivity index (χ1) is 9.09. The first-order valence-corrected chi connectivity index (χ1v) is 6.46. The summed E-state index contributed by atoms with van der Waals surface area (Å²) in [4.78, 5) is 4.14. The second-order valence-electron chi connectivity index (χ2n) is 4.55. The molecule has 3 N–H and O–H groups in total. The van der Waals surface area contributed by atoms with Crippen molar-refractivity contribution in [2.75, 3.05) is 19.7 Å². The number of hydrogen-bond acceptors (Lipinski definition) is 2. The summed E-state index contributed by atoms with van der Waals surface area (Å²) < 4.78 is 5.68.